The zero-order valence-corrected chi connectivity index (χ0v) is 10.9. The average Bonchev–Trinajstić information content (AvgIpc) is 2.89. The van der Waals surface area contributed by atoms with Crippen molar-refractivity contribution in [2.45, 2.75) is 19.8 Å². The summed E-state index contributed by atoms with van der Waals surface area (Å²) in [5.74, 6) is 2.20. The highest BCUT2D eigenvalue weighted by atomic mass is 16.5. The van der Waals surface area contributed by atoms with Gasteiger partial charge in [-0.25, -0.2) is 0 Å². The molecule has 1 fully saturated rings. The maximum absolute atomic E-state index is 9.39. The number of hydrogen-bond donors (Lipinski definition) is 1. The van der Waals surface area contributed by atoms with Crippen LogP contribution in [0.25, 0.3) is 0 Å². The van der Waals surface area contributed by atoms with Crippen LogP contribution in [0.2, 0.25) is 0 Å². The van der Waals surface area contributed by atoms with E-state index in [4.69, 9.17) is 9.47 Å². The molecule has 0 aliphatic heterocycles. The minimum Gasteiger partial charge on any atom is -0.493 e. The van der Waals surface area contributed by atoms with Gasteiger partial charge in [0, 0.05) is 12.2 Å². The van der Waals surface area contributed by atoms with Crippen LogP contribution in [0, 0.1) is 11.3 Å². The van der Waals surface area contributed by atoms with E-state index < -0.39 is 0 Å². The van der Waals surface area contributed by atoms with Crippen LogP contribution in [0.3, 0.4) is 0 Å². The Hall–Kier alpha value is -1.22. The van der Waals surface area contributed by atoms with E-state index in [1.54, 1.807) is 14.2 Å². The molecule has 3 nitrogen and oxygen atoms in total. The zero-order chi connectivity index (χ0) is 12.6. The number of aliphatic hydroxyl groups excluding tert-OH is 1. The van der Waals surface area contributed by atoms with Crippen molar-refractivity contribution in [3.63, 3.8) is 0 Å². The van der Waals surface area contributed by atoms with Crippen LogP contribution in [0.5, 0.6) is 11.5 Å². The molecule has 0 saturated heterocycles. The fraction of sp³-hybridized carbons (Fsp3) is 0.571. The van der Waals surface area contributed by atoms with E-state index in [-0.39, 0.29) is 12.0 Å². The maximum atomic E-state index is 9.39. The van der Waals surface area contributed by atoms with Gasteiger partial charge in [0.2, 0.25) is 0 Å². The van der Waals surface area contributed by atoms with Gasteiger partial charge in [0.15, 0.2) is 11.5 Å². The Balaban J connectivity index is 2.40. The number of methoxy groups -OCH3 is 2. The molecule has 1 saturated carbocycles. The van der Waals surface area contributed by atoms with Gasteiger partial charge in [-0.2, -0.15) is 0 Å². The molecule has 0 bridgehead atoms. The molecule has 1 aliphatic carbocycles. The predicted octanol–water partition coefficient (Wildman–Crippen LogP) is 2.44. The molecule has 0 aromatic heterocycles. The second kappa shape index (κ2) is 4.22. The van der Waals surface area contributed by atoms with Gasteiger partial charge in [0.25, 0.3) is 0 Å². The lowest BCUT2D eigenvalue weighted by molar-refractivity contribution is 0.256. The van der Waals surface area contributed by atoms with E-state index >= 15 is 0 Å². The molecule has 1 aliphatic rings. The van der Waals surface area contributed by atoms with Crippen LogP contribution in [0.1, 0.15) is 25.3 Å². The first-order valence-electron chi connectivity index (χ1n) is 5.89. The Morgan fingerprint density at radius 1 is 1.24 bits per heavy atom. The minimum absolute atomic E-state index is 0.133. The lowest BCUT2D eigenvalue weighted by atomic mass is 10.0. The van der Waals surface area contributed by atoms with Gasteiger partial charge >= 0.3 is 0 Å². The fourth-order valence-electron chi connectivity index (χ4n) is 2.86. The number of ether oxygens (including phenoxy) is 2. The van der Waals surface area contributed by atoms with Gasteiger partial charge in [-0.3, -0.25) is 0 Å². The number of aliphatic hydroxyl groups is 1. The van der Waals surface area contributed by atoms with E-state index in [0.29, 0.717) is 11.8 Å². The SMILES string of the molecule is COc1cccc(C2C(CO)C2(C)C)c1OC. The molecule has 1 aromatic rings. The summed E-state index contributed by atoms with van der Waals surface area (Å²) in [7, 11) is 3.30. The van der Waals surface area contributed by atoms with E-state index in [1.165, 1.54) is 0 Å². The first-order chi connectivity index (χ1) is 8.07. The summed E-state index contributed by atoms with van der Waals surface area (Å²) < 4.78 is 10.8. The van der Waals surface area contributed by atoms with Crippen LogP contribution in [0.15, 0.2) is 18.2 Å². The van der Waals surface area contributed by atoms with Crippen molar-refractivity contribution in [1.82, 2.24) is 0 Å². The van der Waals surface area contributed by atoms with Gasteiger partial charge in [0.05, 0.1) is 14.2 Å². The molecule has 1 aromatic carbocycles. The zero-order valence-electron chi connectivity index (χ0n) is 10.9. The molecule has 2 unspecified atom stereocenters. The number of hydrogen-bond acceptors (Lipinski definition) is 3. The standard InChI is InChI=1S/C14H20O3/c1-14(2)10(8-15)12(14)9-6-5-7-11(16-3)13(9)17-4/h5-7,10,12,15H,8H2,1-4H3. The largest absolute Gasteiger partial charge is 0.493 e. The Labute approximate surface area is 102 Å². The molecular formula is C14H20O3. The molecule has 94 valence electrons. The quantitative estimate of drug-likeness (QED) is 0.872. The van der Waals surface area contributed by atoms with Crippen molar-refractivity contribution >= 4 is 0 Å². The van der Waals surface area contributed by atoms with Crippen LogP contribution in [-0.4, -0.2) is 25.9 Å². The molecule has 0 radical (unpaired) electrons. The highest BCUT2D eigenvalue weighted by Crippen LogP contribution is 2.66. The Bertz CT molecular complexity index is 412. The van der Waals surface area contributed by atoms with Crippen LogP contribution in [-0.2, 0) is 0 Å². The summed E-state index contributed by atoms with van der Waals surface area (Å²) in [6.45, 7) is 4.58. The normalized spacial score (nSPS) is 25.5. The van der Waals surface area contributed by atoms with Crippen LogP contribution in [0.4, 0.5) is 0 Å². The molecule has 3 heteroatoms. The van der Waals surface area contributed by atoms with Crippen LogP contribution >= 0.6 is 0 Å². The summed E-state index contributed by atoms with van der Waals surface area (Å²) in [4.78, 5) is 0. The Kier molecular flexibility index (Phi) is 3.04. The van der Waals surface area contributed by atoms with Gasteiger partial charge in [-0.1, -0.05) is 26.0 Å². The molecule has 0 heterocycles. The summed E-state index contributed by atoms with van der Waals surface area (Å²) in [5.41, 5.74) is 1.27. The molecule has 2 atom stereocenters. The summed E-state index contributed by atoms with van der Waals surface area (Å²) >= 11 is 0. The number of rotatable bonds is 4. The lowest BCUT2D eigenvalue weighted by Crippen LogP contribution is -1.97. The molecule has 0 spiro atoms. The van der Waals surface area contributed by atoms with E-state index in [1.807, 2.05) is 12.1 Å². The first-order valence-corrected chi connectivity index (χ1v) is 5.89. The second-order valence-electron chi connectivity index (χ2n) is 5.17. The van der Waals surface area contributed by atoms with Crippen molar-refractivity contribution in [2.75, 3.05) is 20.8 Å². The maximum Gasteiger partial charge on any atom is 0.164 e. The highest BCUT2D eigenvalue weighted by molar-refractivity contribution is 5.51. The number of para-hydroxylation sites is 1. The van der Waals surface area contributed by atoms with Crippen LogP contribution < -0.4 is 9.47 Å². The van der Waals surface area contributed by atoms with Gasteiger partial charge in [-0.05, 0) is 23.3 Å². The third-order valence-electron chi connectivity index (χ3n) is 4.02. The smallest absolute Gasteiger partial charge is 0.164 e. The van der Waals surface area contributed by atoms with Gasteiger partial charge < -0.3 is 14.6 Å². The highest BCUT2D eigenvalue weighted by Gasteiger charge is 2.58. The molecule has 2 rings (SSSR count). The summed E-state index contributed by atoms with van der Waals surface area (Å²) in [6.07, 6.45) is 0. The molecule has 0 amide bonds. The second-order valence-corrected chi connectivity index (χ2v) is 5.17. The number of benzene rings is 1. The predicted molar refractivity (Wildman–Crippen MR) is 66.6 cm³/mol. The Morgan fingerprint density at radius 2 is 1.94 bits per heavy atom. The fourth-order valence-corrected chi connectivity index (χ4v) is 2.86. The minimum atomic E-state index is 0.133. The van der Waals surface area contributed by atoms with Gasteiger partial charge in [-0.15, -0.1) is 0 Å². The summed E-state index contributed by atoms with van der Waals surface area (Å²) in [6, 6.07) is 5.93. The Morgan fingerprint density at radius 3 is 2.41 bits per heavy atom. The van der Waals surface area contributed by atoms with Crippen molar-refractivity contribution in [3.8, 4) is 11.5 Å². The monoisotopic (exact) mass is 236 g/mol. The van der Waals surface area contributed by atoms with Crippen molar-refractivity contribution in [3.05, 3.63) is 23.8 Å². The topological polar surface area (TPSA) is 38.7 Å². The van der Waals surface area contributed by atoms with E-state index in [9.17, 15) is 5.11 Å². The van der Waals surface area contributed by atoms with E-state index in [2.05, 4.69) is 19.9 Å². The average molecular weight is 236 g/mol. The molecule has 17 heavy (non-hydrogen) atoms. The van der Waals surface area contributed by atoms with Crippen molar-refractivity contribution < 1.29 is 14.6 Å². The molecular weight excluding hydrogens is 216 g/mol. The lowest BCUT2D eigenvalue weighted by Gasteiger charge is -2.13. The van der Waals surface area contributed by atoms with E-state index in [0.717, 1.165) is 17.1 Å². The third-order valence-corrected chi connectivity index (χ3v) is 4.02. The third kappa shape index (κ3) is 1.78. The first kappa shape index (κ1) is 12.2. The van der Waals surface area contributed by atoms with Crippen molar-refractivity contribution in [2.24, 2.45) is 11.3 Å². The summed E-state index contributed by atoms with van der Waals surface area (Å²) in [5, 5.41) is 9.39. The molecule has 1 N–H and O–H groups in total. The van der Waals surface area contributed by atoms with Gasteiger partial charge in [0.1, 0.15) is 0 Å². The van der Waals surface area contributed by atoms with Crippen molar-refractivity contribution in [1.29, 1.82) is 0 Å².